The minimum atomic E-state index is 0. The Balaban J connectivity index is 0.0000000849. The number of hydrogen-bond acceptors (Lipinski definition) is 0. The molecule has 0 aromatic heterocycles. The topological polar surface area (TPSA) is 0 Å². The quantitative estimate of drug-likeness (QED) is 0.0873. The van der Waals surface area contributed by atoms with Gasteiger partial charge >= 0.3 is 31.1 Å². The van der Waals surface area contributed by atoms with Crippen LogP contribution in [-0.2, 0) is 0 Å². The fourth-order valence-electron chi connectivity index (χ4n) is 19.9. The molecule has 0 heterocycles. The summed E-state index contributed by atoms with van der Waals surface area (Å²) in [4.78, 5) is 0. The Labute approximate surface area is 723 Å². The zero-order chi connectivity index (χ0) is 79.1. The first kappa shape index (κ1) is 72.9. The third kappa shape index (κ3) is 12.6. The molecule has 0 aliphatic heterocycles. The second-order valence-corrected chi connectivity index (χ2v) is 31.7. The summed E-state index contributed by atoms with van der Waals surface area (Å²) in [7, 11) is 0. The van der Waals surface area contributed by atoms with E-state index in [0.717, 1.165) is 11.1 Å². The molecule has 558 valence electrons. The summed E-state index contributed by atoms with van der Waals surface area (Å²) in [5.41, 5.74) is 2.19. The van der Waals surface area contributed by atoms with Crippen LogP contribution in [0.2, 0.25) is 0 Å². The van der Waals surface area contributed by atoms with Crippen LogP contribution in [0.1, 0.15) is 0 Å². The summed E-state index contributed by atoms with van der Waals surface area (Å²) >= 11 is 0. The van der Waals surface area contributed by atoms with Crippen molar-refractivity contribution >= 4 is 226 Å². The van der Waals surface area contributed by atoms with Crippen molar-refractivity contribution < 1.29 is 31.1 Å². The molecule has 0 saturated heterocycles. The second kappa shape index (κ2) is 30.7. The molecule has 1 heteroatoms. The molecular weight excluding hydrogens is 1680 g/mol. The molecule has 29 aromatic rings. The summed E-state index contributed by atoms with van der Waals surface area (Å²) in [6, 6.07) is 167. The zero-order valence-corrected chi connectivity index (χ0v) is 70.4. The van der Waals surface area contributed by atoms with E-state index in [2.05, 4.69) is 413 Å². The van der Waals surface area contributed by atoms with Gasteiger partial charge in [-0.15, -0.1) is 12.1 Å². The first-order chi connectivity index (χ1) is 59.6. The Morgan fingerprint density at radius 2 is 0.215 bits per heavy atom. The first-order valence-corrected chi connectivity index (χ1v) is 41.5. The van der Waals surface area contributed by atoms with Gasteiger partial charge < -0.3 is 0 Å². The van der Waals surface area contributed by atoms with Gasteiger partial charge in [0.05, 0.1) is 0 Å². The van der Waals surface area contributed by atoms with Crippen molar-refractivity contribution in [2.24, 2.45) is 0 Å². The molecule has 29 rings (SSSR count). The van der Waals surface area contributed by atoms with E-state index < -0.39 is 0 Å². The van der Waals surface area contributed by atoms with Crippen LogP contribution in [0.15, 0.2) is 449 Å². The summed E-state index contributed by atoms with van der Waals surface area (Å²) in [6.45, 7) is 0. The molecule has 0 saturated carbocycles. The van der Waals surface area contributed by atoms with Crippen LogP contribution in [-0.4, -0.2) is 0 Å². The Bertz CT molecular complexity index is 7160. The van der Waals surface area contributed by atoms with Gasteiger partial charge in [-0.2, -0.15) is 48.5 Å². The number of benzene rings is 29. The minimum absolute atomic E-state index is 0. The van der Waals surface area contributed by atoms with Gasteiger partial charge in [-0.3, -0.25) is 0 Å². The van der Waals surface area contributed by atoms with Crippen molar-refractivity contribution in [2.75, 3.05) is 0 Å². The van der Waals surface area contributed by atoms with Gasteiger partial charge in [0.25, 0.3) is 0 Å². The van der Waals surface area contributed by atoms with E-state index in [1.165, 1.54) is 226 Å². The third-order valence-corrected chi connectivity index (χ3v) is 25.1. The average molecular weight is 1750 g/mol. The van der Waals surface area contributed by atoms with Crippen LogP contribution in [0.5, 0.6) is 0 Å². The van der Waals surface area contributed by atoms with Gasteiger partial charge in [0.1, 0.15) is 0 Å². The fourth-order valence-corrected chi connectivity index (χ4v) is 19.9. The van der Waals surface area contributed by atoms with E-state index in [1.54, 1.807) is 0 Å². The monoisotopic (exact) mass is 1750 g/mol. The third-order valence-electron chi connectivity index (χ3n) is 25.1. The van der Waals surface area contributed by atoms with Crippen molar-refractivity contribution in [3.63, 3.8) is 0 Å². The number of rotatable bonds is 1. The van der Waals surface area contributed by atoms with E-state index in [1.807, 2.05) is 48.5 Å². The SMILES string of the molecule is [U+2].[c-]1ccccc1-c1[c-]cccc1.c1cc2ccc3cccc4ccc(c1)c2c34.c1cc2ccc3cccc4ccc(c1)c2c34.c1cc2ccc3cccc4ccc(c1)c2c34.c1cc2cccc3c4cccc5cccc(c(c1)c23)c54.c1cc2cccc3c4cccc5cccc(c(c1)c23)c54.c1cc2cccc3c4cccc5cccc(c(c1)c23)c54. The van der Waals surface area contributed by atoms with Gasteiger partial charge in [-0.05, 0) is 226 Å². The zero-order valence-electron chi connectivity index (χ0n) is 66.2. The Hall–Kier alpha value is -14.5. The average Bonchev–Trinajstić information content (AvgIpc) is 0.726. The van der Waals surface area contributed by atoms with Crippen molar-refractivity contribution in [2.45, 2.75) is 0 Å². The molecule has 0 atom stereocenters. The molecule has 0 N–H and O–H groups in total. The molecule has 29 aromatic carbocycles. The van der Waals surface area contributed by atoms with Crippen LogP contribution in [0.4, 0.5) is 0 Å². The van der Waals surface area contributed by atoms with Crippen molar-refractivity contribution in [1.82, 2.24) is 0 Å². The predicted molar refractivity (Wildman–Crippen MR) is 523 cm³/mol. The Morgan fingerprint density at radius 1 is 0.0992 bits per heavy atom. The van der Waals surface area contributed by atoms with Crippen LogP contribution < -0.4 is 0 Å². The molecule has 0 spiro atoms. The van der Waals surface area contributed by atoms with Gasteiger partial charge in [0.2, 0.25) is 0 Å². The molecule has 0 radical (unpaired) electrons. The molecule has 0 amide bonds. The maximum Gasteiger partial charge on any atom is 2.00 e. The van der Waals surface area contributed by atoms with E-state index >= 15 is 0 Å². The van der Waals surface area contributed by atoms with Crippen molar-refractivity contribution in [3.05, 3.63) is 461 Å². The number of fused-ring (bicyclic) bond motifs is 6. The van der Waals surface area contributed by atoms with Gasteiger partial charge in [0, 0.05) is 0 Å². The summed E-state index contributed by atoms with van der Waals surface area (Å²) < 4.78 is 0. The smallest absolute Gasteiger partial charge is 0.226 e. The molecule has 0 aliphatic carbocycles. The molecule has 121 heavy (non-hydrogen) atoms. The van der Waals surface area contributed by atoms with Crippen LogP contribution in [0.3, 0.4) is 0 Å². The summed E-state index contributed by atoms with van der Waals surface area (Å²) in [5.74, 6) is 0. The maximum atomic E-state index is 3.15. The predicted octanol–water partition coefficient (Wildman–Crippen LogP) is 33.9. The van der Waals surface area contributed by atoms with Gasteiger partial charge in [0.15, 0.2) is 0 Å². The van der Waals surface area contributed by atoms with Gasteiger partial charge in [-0.1, -0.05) is 400 Å². The van der Waals surface area contributed by atoms with E-state index in [0.29, 0.717) is 0 Å². The largest absolute Gasteiger partial charge is 2.00 e. The number of hydrogen-bond donors (Lipinski definition) is 0. The minimum Gasteiger partial charge on any atom is -0.226 e. The summed E-state index contributed by atoms with van der Waals surface area (Å²) in [6.07, 6.45) is 0. The van der Waals surface area contributed by atoms with Crippen molar-refractivity contribution in [3.8, 4) is 11.1 Å². The van der Waals surface area contributed by atoms with E-state index in [4.69, 9.17) is 0 Å². The van der Waals surface area contributed by atoms with Gasteiger partial charge in [-0.25, -0.2) is 11.1 Å². The molecule has 0 aliphatic rings. The molecule has 0 nitrogen and oxygen atoms in total. The van der Waals surface area contributed by atoms with E-state index in [9.17, 15) is 0 Å². The first-order valence-electron chi connectivity index (χ1n) is 41.5. The standard InChI is InChI=1S/3C20H12.3C16H10.C12H8.U/c3*1-5-13-6-2-11-17-18-12-4-8-14-7-3-10-16(20(14)18)15(9-1)19(13)17;3*1-3-11-7-9-13-5-2-6-14-10-8-12(4-1)15(11)16(13)14;1-3-7-11(8-4-1)12-9-5-2-6-10-12;/h3*1-12H;3*1-10H;1-7,9H;/q;;;;;;-2;+2. The fraction of sp³-hybridized carbons (Fsp3) is 0. The van der Waals surface area contributed by atoms with E-state index in [-0.39, 0.29) is 31.1 Å². The Morgan fingerprint density at radius 3 is 0.331 bits per heavy atom. The van der Waals surface area contributed by atoms with Crippen LogP contribution in [0.25, 0.3) is 237 Å². The van der Waals surface area contributed by atoms with Crippen LogP contribution >= 0.6 is 0 Å². The molecule has 0 fully saturated rings. The second-order valence-electron chi connectivity index (χ2n) is 31.7. The van der Waals surface area contributed by atoms with Crippen LogP contribution in [0, 0.1) is 43.2 Å². The normalized spacial score (nSPS) is 11.6. The molecule has 0 bridgehead atoms. The van der Waals surface area contributed by atoms with Crippen molar-refractivity contribution in [1.29, 1.82) is 0 Å². The summed E-state index contributed by atoms with van der Waals surface area (Å²) in [5, 5.41) is 57.1. The molecular formula is C120H74U. The Kier molecular flexibility index (Phi) is 18.5. The maximum absolute atomic E-state index is 3.15. The molecule has 0 unspecified atom stereocenters.